The predicted octanol–water partition coefficient (Wildman–Crippen LogP) is 3.57. The molecule has 1 aromatic heterocycles. The Morgan fingerprint density at radius 1 is 0.950 bits per heavy atom. The lowest BCUT2D eigenvalue weighted by Gasteiger charge is -2.34. The van der Waals surface area contributed by atoms with E-state index in [0.717, 1.165) is 57.2 Å². The van der Waals surface area contributed by atoms with E-state index in [1.807, 2.05) is 24.3 Å². The molecule has 3 aliphatic heterocycles. The second-order valence-electron chi connectivity index (χ2n) is 10.2. The summed E-state index contributed by atoms with van der Waals surface area (Å²) >= 11 is 6.44. The topological polar surface area (TPSA) is 97.9 Å². The van der Waals surface area contributed by atoms with Gasteiger partial charge in [-0.3, -0.25) is 14.6 Å². The van der Waals surface area contributed by atoms with Gasteiger partial charge in [0.2, 0.25) is 11.9 Å². The Labute approximate surface area is 240 Å². The molecule has 1 amide bonds. The number of amides is 1. The average Bonchev–Trinajstić information content (AvgIpc) is 2.94. The Morgan fingerprint density at radius 3 is 2.62 bits per heavy atom. The van der Waals surface area contributed by atoms with Crippen molar-refractivity contribution in [1.29, 1.82) is 0 Å². The summed E-state index contributed by atoms with van der Waals surface area (Å²) in [6.45, 7) is 8.38. The summed E-state index contributed by atoms with van der Waals surface area (Å²) in [5, 5.41) is 10.0. The number of carbonyl (C=O) groups excluding carboxylic acids is 1. The van der Waals surface area contributed by atoms with Crippen molar-refractivity contribution in [2.24, 2.45) is 0 Å². The van der Waals surface area contributed by atoms with E-state index in [1.165, 1.54) is 5.56 Å². The number of hydrogen-bond donors (Lipinski definition) is 3. The molecule has 6 bridgehead atoms. The zero-order chi connectivity index (χ0) is 27.7. The molecule has 212 valence electrons. The molecule has 0 unspecified atom stereocenters. The highest BCUT2D eigenvalue weighted by Crippen LogP contribution is 2.29. The minimum Gasteiger partial charge on any atom is -0.490 e. The molecule has 0 atom stereocenters. The van der Waals surface area contributed by atoms with Crippen LogP contribution in [0.25, 0.3) is 0 Å². The van der Waals surface area contributed by atoms with Crippen LogP contribution in [0.15, 0.2) is 54.7 Å². The lowest BCUT2D eigenvalue weighted by molar-refractivity contribution is -0.121. The first-order chi connectivity index (χ1) is 19.5. The summed E-state index contributed by atoms with van der Waals surface area (Å²) in [6, 6.07) is 15.6. The maximum Gasteiger partial charge on any atom is 0.229 e. The van der Waals surface area contributed by atoms with Crippen LogP contribution >= 0.6 is 11.6 Å². The summed E-state index contributed by atoms with van der Waals surface area (Å²) < 4.78 is 5.81. The first-order valence-corrected chi connectivity index (χ1v) is 14.2. The highest BCUT2D eigenvalue weighted by molar-refractivity contribution is 6.32. The van der Waals surface area contributed by atoms with Gasteiger partial charge in [-0.15, -0.1) is 0 Å². The van der Waals surface area contributed by atoms with Crippen LogP contribution in [0.5, 0.6) is 5.75 Å². The van der Waals surface area contributed by atoms with E-state index in [4.69, 9.17) is 16.3 Å². The van der Waals surface area contributed by atoms with Gasteiger partial charge in [0.1, 0.15) is 18.2 Å². The Morgan fingerprint density at radius 2 is 1.77 bits per heavy atom. The summed E-state index contributed by atoms with van der Waals surface area (Å²) in [5.74, 6) is 1.70. The third kappa shape index (κ3) is 8.28. The number of hydrogen-bond acceptors (Lipinski definition) is 9. The van der Waals surface area contributed by atoms with Crippen molar-refractivity contribution in [2.45, 2.75) is 13.0 Å². The van der Waals surface area contributed by atoms with Gasteiger partial charge in [-0.2, -0.15) is 4.98 Å². The lowest BCUT2D eigenvalue weighted by atomic mass is 10.1. The van der Waals surface area contributed by atoms with Crippen molar-refractivity contribution in [3.05, 3.63) is 65.3 Å². The average molecular weight is 565 g/mol. The third-order valence-corrected chi connectivity index (χ3v) is 7.41. The van der Waals surface area contributed by atoms with Gasteiger partial charge in [0.25, 0.3) is 0 Å². The van der Waals surface area contributed by atoms with Crippen molar-refractivity contribution < 1.29 is 9.53 Å². The molecule has 2 aromatic carbocycles. The van der Waals surface area contributed by atoms with Gasteiger partial charge in [0.15, 0.2) is 0 Å². The smallest absolute Gasteiger partial charge is 0.229 e. The van der Waals surface area contributed by atoms with Gasteiger partial charge in [-0.1, -0.05) is 23.7 Å². The second-order valence-corrected chi connectivity index (χ2v) is 10.6. The molecule has 3 aliphatic rings. The van der Waals surface area contributed by atoms with E-state index in [1.54, 1.807) is 18.3 Å². The number of benzene rings is 2. The number of halogens is 1. The molecule has 40 heavy (non-hydrogen) atoms. The number of nitrogens with one attached hydrogen (secondary N) is 3. The molecule has 0 aliphatic carbocycles. The van der Waals surface area contributed by atoms with Gasteiger partial charge in [-0.25, -0.2) is 4.98 Å². The SMILES string of the molecule is CN1CCN(CCN2CCC(=O)NCCOc3ccc(cc3Cl)Nc3nccc(n3)Nc3cccc(c3)C2)CC1. The van der Waals surface area contributed by atoms with Gasteiger partial charge in [0.05, 0.1) is 11.6 Å². The molecule has 10 nitrogen and oxygen atoms in total. The van der Waals surface area contributed by atoms with Crippen molar-refractivity contribution in [3.8, 4) is 5.75 Å². The number of fused-ring (bicyclic) bond motifs is 10. The molecule has 3 aromatic rings. The van der Waals surface area contributed by atoms with Crippen LogP contribution in [-0.2, 0) is 11.3 Å². The number of aromatic nitrogens is 2. The Bertz CT molecular complexity index is 1280. The van der Waals surface area contributed by atoms with E-state index in [0.29, 0.717) is 48.7 Å². The molecular weight excluding hydrogens is 528 g/mol. The number of likely N-dealkylation sites (N-methyl/N-ethyl adjacent to an activating group) is 1. The minimum atomic E-state index is 0.0120. The van der Waals surface area contributed by atoms with E-state index >= 15 is 0 Å². The summed E-state index contributed by atoms with van der Waals surface area (Å²) in [7, 11) is 2.17. The minimum absolute atomic E-state index is 0.0120. The van der Waals surface area contributed by atoms with E-state index in [-0.39, 0.29) is 5.91 Å². The Balaban J connectivity index is 1.33. The van der Waals surface area contributed by atoms with E-state index in [2.05, 4.69) is 59.8 Å². The van der Waals surface area contributed by atoms with Crippen LogP contribution in [0.1, 0.15) is 12.0 Å². The third-order valence-electron chi connectivity index (χ3n) is 7.11. The number of carbonyl (C=O) groups is 1. The lowest BCUT2D eigenvalue weighted by Crippen LogP contribution is -2.47. The molecule has 4 heterocycles. The second kappa shape index (κ2) is 13.8. The molecule has 6 rings (SSSR count). The van der Waals surface area contributed by atoms with Gasteiger partial charge in [-0.05, 0) is 49.0 Å². The normalized spacial score (nSPS) is 18.1. The van der Waals surface area contributed by atoms with Crippen LogP contribution in [0, 0.1) is 0 Å². The number of piperazine rings is 1. The highest BCUT2D eigenvalue weighted by Gasteiger charge is 2.16. The maximum absolute atomic E-state index is 12.7. The molecule has 0 saturated carbocycles. The van der Waals surface area contributed by atoms with Crippen LogP contribution in [0.3, 0.4) is 0 Å². The van der Waals surface area contributed by atoms with E-state index in [9.17, 15) is 4.79 Å². The molecule has 1 saturated heterocycles. The molecule has 0 spiro atoms. The summed E-state index contributed by atoms with van der Waals surface area (Å²) in [4.78, 5) is 28.9. The van der Waals surface area contributed by atoms with Crippen molar-refractivity contribution >= 4 is 40.6 Å². The molecule has 3 N–H and O–H groups in total. The first kappa shape index (κ1) is 28.1. The zero-order valence-corrected chi connectivity index (χ0v) is 23.7. The Kier molecular flexibility index (Phi) is 9.67. The maximum atomic E-state index is 12.7. The molecule has 0 radical (unpaired) electrons. The highest BCUT2D eigenvalue weighted by atomic mass is 35.5. The summed E-state index contributed by atoms with van der Waals surface area (Å²) in [5.41, 5.74) is 2.85. The van der Waals surface area contributed by atoms with Crippen molar-refractivity contribution in [2.75, 3.05) is 76.6 Å². The number of rotatable bonds is 3. The summed E-state index contributed by atoms with van der Waals surface area (Å²) in [6.07, 6.45) is 2.13. The van der Waals surface area contributed by atoms with Crippen LogP contribution < -0.4 is 20.7 Å². The number of ether oxygens (including phenoxy) is 1. The molecular formula is C29H37ClN8O2. The molecule has 1 fully saturated rings. The van der Waals surface area contributed by atoms with Gasteiger partial charge >= 0.3 is 0 Å². The van der Waals surface area contributed by atoms with Crippen LogP contribution in [0.2, 0.25) is 5.02 Å². The van der Waals surface area contributed by atoms with Crippen molar-refractivity contribution in [3.63, 3.8) is 0 Å². The Hall–Kier alpha value is -3.44. The largest absolute Gasteiger partial charge is 0.490 e. The predicted molar refractivity (Wildman–Crippen MR) is 159 cm³/mol. The fourth-order valence-electron chi connectivity index (χ4n) is 4.79. The van der Waals surface area contributed by atoms with Gasteiger partial charge in [0, 0.05) is 76.4 Å². The monoisotopic (exact) mass is 564 g/mol. The van der Waals surface area contributed by atoms with Crippen LogP contribution in [-0.4, -0.2) is 96.6 Å². The van der Waals surface area contributed by atoms with Gasteiger partial charge < -0.3 is 25.6 Å². The number of nitrogens with zero attached hydrogens (tertiary/aromatic N) is 5. The fourth-order valence-corrected chi connectivity index (χ4v) is 5.03. The standard InChI is InChI=1S/C29H37ClN8O2/c1-36-12-14-37(15-13-36)16-17-38-11-8-28(39)31-10-18-40-26-6-5-24(20-25(26)30)34-29-32-9-7-27(35-29)33-23-4-2-3-22(19-23)21-38/h2-7,9,19-20H,8,10-18,21H2,1H3,(H,31,39)(H2,32,33,34,35). The van der Waals surface area contributed by atoms with Crippen molar-refractivity contribution in [1.82, 2.24) is 30.0 Å². The van der Waals surface area contributed by atoms with Crippen LogP contribution in [0.4, 0.5) is 23.1 Å². The number of anilines is 4. The molecule has 11 heteroatoms. The first-order valence-electron chi connectivity index (χ1n) is 13.8. The van der Waals surface area contributed by atoms with E-state index < -0.39 is 0 Å². The zero-order valence-electron chi connectivity index (χ0n) is 22.9. The fraction of sp³-hybridized carbons (Fsp3) is 0.414. The quantitative estimate of drug-likeness (QED) is 0.441.